The molecule has 9 heteroatoms. The second-order valence-electron chi connectivity index (χ2n) is 7.31. The summed E-state index contributed by atoms with van der Waals surface area (Å²) in [4.78, 5) is 25.7. The van der Waals surface area contributed by atoms with Crippen LogP contribution in [0.2, 0.25) is 0 Å². The van der Waals surface area contributed by atoms with Crippen molar-refractivity contribution in [2.75, 3.05) is 10.3 Å². The highest BCUT2D eigenvalue weighted by Crippen LogP contribution is 2.38. The second kappa shape index (κ2) is 8.72. The van der Waals surface area contributed by atoms with Gasteiger partial charge in [-0.25, -0.2) is 4.79 Å². The van der Waals surface area contributed by atoms with E-state index in [1.165, 1.54) is 23.5 Å². The van der Waals surface area contributed by atoms with E-state index in [1.807, 2.05) is 41.1 Å². The minimum absolute atomic E-state index is 0.104. The van der Waals surface area contributed by atoms with E-state index in [2.05, 4.69) is 10.5 Å². The lowest BCUT2D eigenvalue weighted by Crippen LogP contribution is -2.25. The first-order valence-electron chi connectivity index (χ1n) is 10.2. The summed E-state index contributed by atoms with van der Waals surface area (Å²) in [5, 5.41) is 27.9. The number of nitrogens with zero attached hydrogens (tertiary/aromatic N) is 2. The van der Waals surface area contributed by atoms with E-state index in [9.17, 15) is 14.7 Å². The maximum atomic E-state index is 13.2. The third kappa shape index (κ3) is 3.84. The molecule has 1 aromatic heterocycles. The van der Waals surface area contributed by atoms with Crippen LogP contribution in [0.4, 0.5) is 21.9 Å². The summed E-state index contributed by atoms with van der Waals surface area (Å²) < 4.78 is 4.70. The average Bonchev–Trinajstić information content (AvgIpc) is 3.44. The molecular weight excluding hydrogens is 454 g/mol. The third-order valence-electron chi connectivity index (χ3n) is 5.24. The van der Waals surface area contributed by atoms with E-state index in [0.717, 1.165) is 11.4 Å². The Kier molecular flexibility index (Phi) is 5.44. The highest BCUT2D eigenvalue weighted by molar-refractivity contribution is 7.08. The maximum Gasteiger partial charge on any atom is 0.511 e. The van der Waals surface area contributed by atoms with Crippen molar-refractivity contribution in [2.24, 2.45) is 5.10 Å². The number of thiophene rings is 1. The van der Waals surface area contributed by atoms with Crippen LogP contribution in [-0.4, -0.2) is 28.0 Å². The number of hydrogen-bond acceptors (Lipinski definition) is 7. The first kappa shape index (κ1) is 21.2. The van der Waals surface area contributed by atoms with Gasteiger partial charge in [-0.15, -0.1) is 0 Å². The molecule has 8 nitrogen and oxygen atoms in total. The number of carboxylic acid groups (broad SMARTS) is 1. The van der Waals surface area contributed by atoms with Gasteiger partial charge in [-0.05, 0) is 41.3 Å². The van der Waals surface area contributed by atoms with Gasteiger partial charge in [0.15, 0.2) is 5.71 Å². The minimum Gasteiger partial charge on any atom is -0.505 e. The van der Waals surface area contributed by atoms with Crippen LogP contribution in [0.5, 0.6) is 11.5 Å². The Hall–Kier alpha value is -4.63. The smallest absolute Gasteiger partial charge is 0.505 e. The number of hydrogen-bond donors (Lipinski definition) is 3. The molecule has 5 rings (SSSR count). The molecule has 0 radical (unpaired) electrons. The zero-order chi connectivity index (χ0) is 23.7. The predicted molar refractivity (Wildman–Crippen MR) is 130 cm³/mol. The number of carbonyl (C=O) groups excluding carboxylic acids is 1. The molecule has 0 aliphatic carbocycles. The lowest BCUT2D eigenvalue weighted by atomic mass is 10.0. The van der Waals surface area contributed by atoms with Crippen LogP contribution in [0, 0.1) is 0 Å². The van der Waals surface area contributed by atoms with Gasteiger partial charge in [-0.1, -0.05) is 42.5 Å². The molecule has 0 bridgehead atoms. The number of nitrogens with one attached hydrogen (secondary N) is 1. The van der Waals surface area contributed by atoms with E-state index in [-0.39, 0.29) is 28.8 Å². The van der Waals surface area contributed by atoms with Crippen molar-refractivity contribution >= 4 is 46.2 Å². The number of amides is 1. The molecule has 1 aliphatic rings. The number of ether oxygens (including phenoxy) is 1. The molecule has 0 unspecified atom stereocenters. The molecule has 1 aliphatic heterocycles. The molecule has 0 atom stereocenters. The molecule has 3 aromatic carbocycles. The van der Waals surface area contributed by atoms with Crippen molar-refractivity contribution in [2.45, 2.75) is 0 Å². The summed E-state index contributed by atoms with van der Waals surface area (Å²) in [7, 11) is 0. The van der Waals surface area contributed by atoms with Crippen LogP contribution in [0.15, 0.2) is 88.7 Å². The van der Waals surface area contributed by atoms with E-state index < -0.39 is 6.16 Å². The molecule has 4 aromatic rings. The molecule has 0 fully saturated rings. The van der Waals surface area contributed by atoms with Crippen molar-refractivity contribution in [3.8, 4) is 22.6 Å². The van der Waals surface area contributed by atoms with Crippen molar-refractivity contribution in [3.05, 3.63) is 89.1 Å². The zero-order valence-corrected chi connectivity index (χ0v) is 18.3. The van der Waals surface area contributed by atoms with Crippen LogP contribution in [0.25, 0.3) is 11.1 Å². The largest absolute Gasteiger partial charge is 0.511 e. The van der Waals surface area contributed by atoms with Crippen LogP contribution in [0.3, 0.4) is 0 Å². The van der Waals surface area contributed by atoms with Gasteiger partial charge in [0.25, 0.3) is 5.91 Å². The number of hydrazone groups is 1. The summed E-state index contributed by atoms with van der Waals surface area (Å²) >= 11 is 1.50. The van der Waals surface area contributed by atoms with Gasteiger partial charge in [0.1, 0.15) is 11.5 Å². The molecule has 0 spiro atoms. The predicted octanol–water partition coefficient (Wildman–Crippen LogP) is 5.67. The highest BCUT2D eigenvalue weighted by Gasteiger charge is 2.35. The molecule has 1 amide bonds. The Bertz CT molecular complexity index is 1430. The molecule has 0 saturated carbocycles. The molecule has 2 heterocycles. The Morgan fingerprint density at radius 3 is 2.59 bits per heavy atom. The Morgan fingerprint density at radius 1 is 1.00 bits per heavy atom. The standard InChI is InChI=1S/C25H17N3O5S/c29-23-18(15-5-3-6-17(13-15)33-25(31)32)8-4-9-20(23)26-27-22-19-7-1-2-10-21(19)28(24(22)30)16-11-12-34-14-16/h1-14,26,29H,(H,31,32). The molecule has 168 valence electrons. The fourth-order valence-corrected chi connectivity index (χ4v) is 4.38. The van der Waals surface area contributed by atoms with E-state index in [4.69, 9.17) is 9.84 Å². The summed E-state index contributed by atoms with van der Waals surface area (Å²) in [5.41, 5.74) is 6.51. The molecule has 34 heavy (non-hydrogen) atoms. The molecule has 0 saturated heterocycles. The summed E-state index contributed by atoms with van der Waals surface area (Å²) in [6, 6.07) is 20.6. The topological polar surface area (TPSA) is 111 Å². The van der Waals surface area contributed by atoms with Crippen LogP contribution in [0.1, 0.15) is 5.56 Å². The van der Waals surface area contributed by atoms with Crippen LogP contribution in [-0.2, 0) is 4.79 Å². The lowest BCUT2D eigenvalue weighted by molar-refractivity contribution is -0.111. The Morgan fingerprint density at radius 2 is 1.79 bits per heavy atom. The first-order chi connectivity index (χ1) is 16.5. The number of aromatic hydroxyl groups is 1. The van der Waals surface area contributed by atoms with E-state index in [0.29, 0.717) is 16.7 Å². The van der Waals surface area contributed by atoms with Gasteiger partial charge in [-0.3, -0.25) is 15.1 Å². The average molecular weight is 471 g/mol. The SMILES string of the molecule is O=C(O)Oc1cccc(-c2cccc(NN=C3C(=O)N(c4ccsc4)c4ccccc43)c2O)c1. The van der Waals surface area contributed by atoms with Crippen LogP contribution < -0.4 is 15.1 Å². The van der Waals surface area contributed by atoms with Crippen molar-refractivity contribution in [3.63, 3.8) is 0 Å². The molecular formula is C25H17N3O5S. The number of rotatable bonds is 5. The summed E-state index contributed by atoms with van der Waals surface area (Å²) in [6.45, 7) is 0. The highest BCUT2D eigenvalue weighted by atomic mass is 32.1. The number of phenolic OH excluding ortho intramolecular Hbond substituents is 1. The Labute approximate surface area is 198 Å². The third-order valence-corrected chi connectivity index (χ3v) is 5.92. The van der Waals surface area contributed by atoms with Gasteiger partial charge < -0.3 is 14.9 Å². The normalized spacial score (nSPS) is 13.7. The number of para-hydroxylation sites is 2. The van der Waals surface area contributed by atoms with Gasteiger partial charge in [0, 0.05) is 16.5 Å². The fraction of sp³-hybridized carbons (Fsp3) is 0. The number of phenols is 1. The quantitative estimate of drug-likeness (QED) is 0.150. The van der Waals surface area contributed by atoms with E-state index in [1.54, 1.807) is 35.2 Å². The second-order valence-corrected chi connectivity index (χ2v) is 8.09. The monoisotopic (exact) mass is 471 g/mol. The van der Waals surface area contributed by atoms with Crippen LogP contribution >= 0.6 is 11.3 Å². The number of carbonyl (C=O) groups is 2. The van der Waals surface area contributed by atoms with Gasteiger partial charge in [-0.2, -0.15) is 16.4 Å². The summed E-state index contributed by atoms with van der Waals surface area (Å²) in [6.07, 6.45) is -1.43. The number of fused-ring (bicyclic) bond motifs is 1. The zero-order valence-electron chi connectivity index (χ0n) is 17.5. The van der Waals surface area contributed by atoms with E-state index >= 15 is 0 Å². The van der Waals surface area contributed by atoms with Gasteiger partial charge in [0.2, 0.25) is 0 Å². The number of benzene rings is 3. The first-order valence-corrected chi connectivity index (χ1v) is 11.1. The van der Waals surface area contributed by atoms with Gasteiger partial charge >= 0.3 is 6.16 Å². The Balaban J connectivity index is 1.48. The number of anilines is 3. The lowest BCUT2D eigenvalue weighted by Gasteiger charge is -2.14. The summed E-state index contributed by atoms with van der Waals surface area (Å²) in [5.74, 6) is -0.251. The molecule has 3 N–H and O–H groups in total. The van der Waals surface area contributed by atoms with Crippen molar-refractivity contribution in [1.29, 1.82) is 0 Å². The fourth-order valence-electron chi connectivity index (χ4n) is 3.76. The maximum absolute atomic E-state index is 13.2. The van der Waals surface area contributed by atoms with Crippen molar-refractivity contribution in [1.82, 2.24) is 0 Å². The minimum atomic E-state index is -1.43. The van der Waals surface area contributed by atoms with Gasteiger partial charge in [0.05, 0.1) is 17.1 Å². The van der Waals surface area contributed by atoms with Crippen molar-refractivity contribution < 1.29 is 24.5 Å².